The summed E-state index contributed by atoms with van der Waals surface area (Å²) in [7, 11) is 2.59. The zero-order valence-corrected chi connectivity index (χ0v) is 37.4. The first kappa shape index (κ1) is 43.1. The number of rotatable bonds is 10. The molecule has 0 unspecified atom stereocenters. The molecule has 2 fully saturated rings. The van der Waals surface area contributed by atoms with Gasteiger partial charge in [-0.1, -0.05) is 93.6 Å². The SMILES string of the molecule is COC(=O)N[C@H](C(=O)N1CCC[C@H]1c1ncc(-c2ccc3cc(-c4ccc5c(ccc6[nH]c([C@@H]7[C@@H](C)C[C@@H](C)N7C(=O)[C@H](NC(=O)OC)c7ccccc7)nc65)c4)ccc3c2)[nH]1)C(C)C. The number of nitrogens with one attached hydrogen (secondary N) is 4. The van der Waals surface area contributed by atoms with E-state index in [2.05, 4.69) is 94.3 Å². The van der Waals surface area contributed by atoms with E-state index in [1.54, 1.807) is 0 Å². The zero-order valence-electron chi connectivity index (χ0n) is 37.4. The number of carbonyl (C=O) groups excluding carboxylic acids is 4. The Balaban J connectivity index is 0.946. The summed E-state index contributed by atoms with van der Waals surface area (Å²) in [5.74, 6) is 1.09. The third-order valence-corrected chi connectivity index (χ3v) is 13.2. The number of hydrogen-bond acceptors (Lipinski definition) is 8. The van der Waals surface area contributed by atoms with Gasteiger partial charge in [-0.3, -0.25) is 9.59 Å². The standard InChI is InChI=1S/C51H54N8O6/c1-28(2)42(56-50(62)64-5)48(60)58-22-10-13-41(58)46-52-27-40(54-46)37-17-16-33-24-32(14-15-34(33)26-37)35-18-20-38-36(25-35)19-21-39-44(38)55-47(53-39)45-29(3)23-30(4)59(45)49(61)43(57-51(63)65-6)31-11-8-7-9-12-31/h7-9,11-12,14-21,24-30,41-43,45H,10,13,22-23H2,1-6H3,(H,52,54)(H,53,55)(H,56,62)(H,57,63)/t29-,30+,41-,42-,43+,45-/m0/s1. The number of methoxy groups -OCH3 is 2. The second kappa shape index (κ2) is 17.7. The van der Waals surface area contributed by atoms with E-state index in [1.807, 2.05) is 67.1 Å². The topological polar surface area (TPSA) is 175 Å². The van der Waals surface area contributed by atoms with Crippen LogP contribution < -0.4 is 10.6 Å². The molecule has 14 nitrogen and oxygen atoms in total. The molecule has 0 radical (unpaired) electrons. The second-order valence-electron chi connectivity index (χ2n) is 17.8. The van der Waals surface area contributed by atoms with Crippen LogP contribution in [0.25, 0.3) is 55.0 Å². The Bertz CT molecular complexity index is 2930. The number of carbonyl (C=O) groups is 4. The van der Waals surface area contributed by atoms with Crippen molar-refractivity contribution in [1.82, 2.24) is 40.4 Å². The average molecular weight is 875 g/mol. The van der Waals surface area contributed by atoms with Gasteiger partial charge >= 0.3 is 12.2 Å². The summed E-state index contributed by atoms with van der Waals surface area (Å²) in [4.78, 5) is 73.2. The second-order valence-corrected chi connectivity index (χ2v) is 17.8. The lowest BCUT2D eigenvalue weighted by Crippen LogP contribution is -2.51. The first-order chi connectivity index (χ1) is 31.4. The lowest BCUT2D eigenvalue weighted by Gasteiger charge is -2.32. The number of imidazole rings is 2. The summed E-state index contributed by atoms with van der Waals surface area (Å²) in [5, 5.41) is 9.72. The van der Waals surface area contributed by atoms with Gasteiger partial charge in [-0.15, -0.1) is 0 Å². The quantitative estimate of drug-likeness (QED) is 0.105. The lowest BCUT2D eigenvalue weighted by molar-refractivity contribution is -0.137. The third-order valence-electron chi connectivity index (χ3n) is 13.2. The van der Waals surface area contributed by atoms with Gasteiger partial charge in [-0.25, -0.2) is 19.6 Å². The Kier molecular flexibility index (Phi) is 11.8. The van der Waals surface area contributed by atoms with Crippen molar-refractivity contribution in [3.8, 4) is 22.4 Å². The molecule has 0 spiro atoms. The molecule has 4 heterocycles. The number of hydrogen-bond donors (Lipinski definition) is 4. The van der Waals surface area contributed by atoms with E-state index in [9.17, 15) is 19.2 Å². The van der Waals surface area contributed by atoms with Crippen LogP contribution in [0.4, 0.5) is 9.59 Å². The van der Waals surface area contributed by atoms with Gasteiger partial charge < -0.3 is 39.9 Å². The summed E-state index contributed by atoms with van der Waals surface area (Å²) in [6.45, 7) is 8.59. The normalized spacial score (nSPS) is 19.5. The number of benzene rings is 5. The Morgan fingerprint density at radius 3 is 2.14 bits per heavy atom. The first-order valence-corrected chi connectivity index (χ1v) is 22.3. The van der Waals surface area contributed by atoms with E-state index >= 15 is 0 Å². The van der Waals surface area contributed by atoms with Crippen molar-refractivity contribution in [3.63, 3.8) is 0 Å². The molecule has 5 aromatic carbocycles. The molecule has 4 amide bonds. The Hall–Kier alpha value is -7.22. The minimum absolute atomic E-state index is 0.0815. The van der Waals surface area contributed by atoms with E-state index in [0.717, 1.165) is 80.0 Å². The maximum atomic E-state index is 14.4. The van der Waals surface area contributed by atoms with Crippen LogP contribution in [-0.2, 0) is 19.1 Å². The number of H-pyrrole nitrogens is 2. The van der Waals surface area contributed by atoms with Crippen LogP contribution >= 0.6 is 0 Å². The van der Waals surface area contributed by atoms with Crippen molar-refractivity contribution in [2.75, 3.05) is 20.8 Å². The zero-order chi connectivity index (χ0) is 45.5. The smallest absolute Gasteiger partial charge is 0.407 e. The number of amides is 4. The molecule has 2 aliphatic heterocycles. The van der Waals surface area contributed by atoms with Gasteiger partial charge in [0.15, 0.2) is 0 Å². The van der Waals surface area contributed by atoms with Crippen molar-refractivity contribution < 1.29 is 28.7 Å². The van der Waals surface area contributed by atoms with Crippen LogP contribution in [0.2, 0.25) is 0 Å². The molecule has 65 heavy (non-hydrogen) atoms. The predicted molar refractivity (Wildman–Crippen MR) is 250 cm³/mol. The van der Waals surface area contributed by atoms with Gasteiger partial charge in [0.25, 0.3) is 5.91 Å². The maximum absolute atomic E-state index is 14.4. The lowest BCUT2D eigenvalue weighted by atomic mass is 9.97. The van der Waals surface area contributed by atoms with Crippen LogP contribution in [0, 0.1) is 11.8 Å². The van der Waals surface area contributed by atoms with Crippen molar-refractivity contribution in [2.45, 2.75) is 77.2 Å². The summed E-state index contributed by atoms with van der Waals surface area (Å²) in [5.41, 5.74) is 6.42. The number of likely N-dealkylation sites (tertiary alicyclic amines) is 2. The summed E-state index contributed by atoms with van der Waals surface area (Å²) in [6, 6.07) is 30.4. The highest BCUT2D eigenvalue weighted by atomic mass is 16.5. The molecule has 9 rings (SSSR count). The van der Waals surface area contributed by atoms with E-state index in [1.165, 1.54) is 14.2 Å². The van der Waals surface area contributed by atoms with Gasteiger partial charge in [-0.2, -0.15) is 0 Å². The molecule has 4 N–H and O–H groups in total. The number of ether oxygens (including phenoxy) is 2. The fourth-order valence-corrected chi connectivity index (χ4v) is 9.92. The minimum atomic E-state index is -0.916. The van der Waals surface area contributed by atoms with Gasteiger partial charge in [0.05, 0.1) is 49.2 Å². The molecule has 2 aromatic heterocycles. The van der Waals surface area contributed by atoms with Gasteiger partial charge in [-0.05, 0) is 95.1 Å². The molecular formula is C51H54N8O6. The Morgan fingerprint density at radius 1 is 0.754 bits per heavy atom. The number of aromatic nitrogens is 4. The first-order valence-electron chi connectivity index (χ1n) is 22.3. The Labute approximate surface area is 377 Å². The van der Waals surface area contributed by atoms with Crippen LogP contribution in [-0.4, -0.2) is 86.6 Å². The average Bonchev–Trinajstić information content (AvgIpc) is 4.15. The van der Waals surface area contributed by atoms with Crippen LogP contribution in [0.3, 0.4) is 0 Å². The van der Waals surface area contributed by atoms with Crippen molar-refractivity contribution in [1.29, 1.82) is 0 Å². The number of aromatic amines is 2. The van der Waals surface area contributed by atoms with Crippen LogP contribution in [0.15, 0.2) is 103 Å². The monoisotopic (exact) mass is 874 g/mol. The highest BCUT2D eigenvalue weighted by Gasteiger charge is 2.45. The fraction of sp³-hybridized carbons (Fsp3) is 0.333. The molecule has 0 bridgehead atoms. The van der Waals surface area contributed by atoms with Gasteiger partial charge in [0.2, 0.25) is 5.91 Å². The number of nitrogens with zero attached hydrogens (tertiary/aromatic N) is 4. The molecule has 334 valence electrons. The number of fused-ring (bicyclic) bond motifs is 4. The molecule has 7 aromatic rings. The van der Waals surface area contributed by atoms with Crippen molar-refractivity contribution in [3.05, 3.63) is 120 Å². The van der Waals surface area contributed by atoms with Crippen molar-refractivity contribution >= 4 is 56.6 Å². The molecule has 0 aliphatic carbocycles. The van der Waals surface area contributed by atoms with Crippen molar-refractivity contribution in [2.24, 2.45) is 11.8 Å². The fourth-order valence-electron chi connectivity index (χ4n) is 9.92. The molecule has 2 aliphatic rings. The minimum Gasteiger partial charge on any atom is -0.453 e. The van der Waals surface area contributed by atoms with E-state index in [-0.39, 0.29) is 41.8 Å². The Morgan fingerprint density at radius 2 is 1.42 bits per heavy atom. The highest BCUT2D eigenvalue weighted by Crippen LogP contribution is 2.43. The summed E-state index contributed by atoms with van der Waals surface area (Å²) >= 11 is 0. The van der Waals surface area contributed by atoms with Gasteiger partial charge in [0, 0.05) is 23.5 Å². The molecular weight excluding hydrogens is 821 g/mol. The summed E-state index contributed by atoms with van der Waals surface area (Å²) < 4.78 is 9.69. The van der Waals surface area contributed by atoms with E-state index < -0.39 is 24.3 Å². The predicted octanol–water partition coefficient (Wildman–Crippen LogP) is 9.37. The van der Waals surface area contributed by atoms with E-state index in [4.69, 9.17) is 19.4 Å². The molecule has 14 heteroatoms. The molecule has 2 saturated heterocycles. The van der Waals surface area contributed by atoms with Gasteiger partial charge in [0.1, 0.15) is 23.7 Å². The number of alkyl carbamates (subject to hydrolysis) is 2. The summed E-state index contributed by atoms with van der Waals surface area (Å²) in [6.07, 6.45) is 2.93. The largest absolute Gasteiger partial charge is 0.453 e. The third kappa shape index (κ3) is 8.24. The van der Waals surface area contributed by atoms with E-state index in [0.29, 0.717) is 17.9 Å². The maximum Gasteiger partial charge on any atom is 0.407 e. The van der Waals surface area contributed by atoms with Crippen LogP contribution in [0.1, 0.15) is 82.3 Å². The highest BCUT2D eigenvalue weighted by molar-refractivity contribution is 6.06. The molecule has 0 saturated carbocycles. The van der Waals surface area contributed by atoms with Crippen LogP contribution in [0.5, 0.6) is 0 Å². The molecule has 6 atom stereocenters.